The molecule has 0 radical (unpaired) electrons. The van der Waals surface area contributed by atoms with Gasteiger partial charge in [0.25, 0.3) is 0 Å². The number of piperidine rings is 1. The van der Waals surface area contributed by atoms with Crippen molar-refractivity contribution in [2.75, 3.05) is 26.2 Å². The van der Waals surface area contributed by atoms with Crippen LogP contribution < -0.4 is 5.73 Å². The van der Waals surface area contributed by atoms with Crippen LogP contribution in [0.1, 0.15) is 30.7 Å². The summed E-state index contributed by atoms with van der Waals surface area (Å²) in [7, 11) is 0. The fourth-order valence-electron chi connectivity index (χ4n) is 2.59. The second-order valence-corrected chi connectivity index (χ2v) is 7.28. The number of likely N-dealkylation sites (tertiary alicyclic amines) is 1. The molecule has 2 N–H and O–H groups in total. The molecule has 1 aliphatic rings. The zero-order valence-corrected chi connectivity index (χ0v) is 14.2. The van der Waals surface area contributed by atoms with Crippen LogP contribution in [0.3, 0.4) is 0 Å². The predicted molar refractivity (Wildman–Crippen MR) is 85.0 cm³/mol. The summed E-state index contributed by atoms with van der Waals surface area (Å²) in [6.07, 6.45) is 2.66. The van der Waals surface area contributed by atoms with E-state index >= 15 is 0 Å². The quantitative estimate of drug-likeness (QED) is 0.863. The summed E-state index contributed by atoms with van der Waals surface area (Å²) < 4.78 is 7.52. The molecule has 2 heterocycles. The molecule has 0 aromatic carbocycles. The second kappa shape index (κ2) is 7.38. The van der Waals surface area contributed by atoms with E-state index in [0.717, 1.165) is 34.9 Å². The van der Waals surface area contributed by atoms with Crippen LogP contribution in [0.4, 0.5) is 0 Å². The van der Waals surface area contributed by atoms with E-state index in [-0.39, 0.29) is 6.04 Å². The number of halogens is 2. The van der Waals surface area contributed by atoms with E-state index in [0.29, 0.717) is 12.6 Å². The Kier molecular flexibility index (Phi) is 6.11. The van der Waals surface area contributed by atoms with Gasteiger partial charge in [-0.25, -0.2) is 0 Å². The molecular weight excluding hydrogens is 348 g/mol. The van der Waals surface area contributed by atoms with E-state index in [1.807, 2.05) is 0 Å². The molecule has 1 aromatic heterocycles. The minimum atomic E-state index is 0.247. The van der Waals surface area contributed by atoms with E-state index in [1.54, 1.807) is 11.3 Å². The molecule has 2 atom stereocenters. The van der Waals surface area contributed by atoms with Crippen molar-refractivity contribution in [2.24, 2.45) is 5.73 Å². The summed E-state index contributed by atoms with van der Waals surface area (Å²) in [5.74, 6) is 0. The van der Waals surface area contributed by atoms with Gasteiger partial charge in [0.2, 0.25) is 0 Å². The fourth-order valence-corrected chi connectivity index (χ4v) is 4.48. The zero-order chi connectivity index (χ0) is 13.8. The third-order valence-corrected chi connectivity index (χ3v) is 6.04. The summed E-state index contributed by atoms with van der Waals surface area (Å²) >= 11 is 11.2. The largest absolute Gasteiger partial charge is 0.377 e. The lowest BCUT2D eigenvalue weighted by molar-refractivity contribution is -0.00615. The lowest BCUT2D eigenvalue weighted by Gasteiger charge is -2.37. The van der Waals surface area contributed by atoms with Crippen LogP contribution in [-0.2, 0) is 4.74 Å². The number of thiophene rings is 1. The van der Waals surface area contributed by atoms with Crippen LogP contribution in [0.15, 0.2) is 10.5 Å². The van der Waals surface area contributed by atoms with Crippen molar-refractivity contribution in [2.45, 2.75) is 31.9 Å². The molecule has 3 nitrogen and oxygen atoms in total. The number of nitrogens with zero attached hydrogens (tertiary/aromatic N) is 1. The first-order valence-corrected chi connectivity index (χ1v) is 8.64. The SMILES string of the molecule is CCOC1CCCN(C(CN)c2cc(Br)c(Cl)s2)C1. The van der Waals surface area contributed by atoms with Gasteiger partial charge in [0.1, 0.15) is 4.34 Å². The maximum absolute atomic E-state index is 6.14. The molecule has 0 saturated carbocycles. The Labute approximate surface area is 132 Å². The highest BCUT2D eigenvalue weighted by molar-refractivity contribution is 9.10. The lowest BCUT2D eigenvalue weighted by atomic mass is 10.0. The van der Waals surface area contributed by atoms with Crippen LogP contribution in [0.25, 0.3) is 0 Å². The maximum atomic E-state index is 6.14. The summed E-state index contributed by atoms with van der Waals surface area (Å²) in [4.78, 5) is 3.66. The first-order chi connectivity index (χ1) is 9.15. The molecule has 2 rings (SSSR count). The van der Waals surface area contributed by atoms with E-state index in [1.165, 1.54) is 11.3 Å². The van der Waals surface area contributed by atoms with Crippen LogP contribution in [0.5, 0.6) is 0 Å². The molecule has 0 amide bonds. The molecule has 1 aromatic rings. The van der Waals surface area contributed by atoms with E-state index < -0.39 is 0 Å². The maximum Gasteiger partial charge on any atom is 0.107 e. The monoisotopic (exact) mass is 366 g/mol. The summed E-state index contributed by atoms with van der Waals surface area (Å²) in [5, 5.41) is 0. The van der Waals surface area contributed by atoms with Gasteiger partial charge in [0.05, 0.1) is 12.1 Å². The standard InChI is InChI=1S/C13H20BrClN2OS/c1-2-18-9-4-3-5-17(8-9)11(7-16)12-6-10(14)13(15)19-12/h6,9,11H,2-5,7-8,16H2,1H3. The molecular formula is C13H20BrClN2OS. The van der Waals surface area contributed by atoms with Gasteiger partial charge in [-0.2, -0.15) is 0 Å². The van der Waals surface area contributed by atoms with Crippen LogP contribution >= 0.6 is 38.9 Å². The Morgan fingerprint density at radius 1 is 1.68 bits per heavy atom. The summed E-state index contributed by atoms with van der Waals surface area (Å²) in [6, 6.07) is 2.34. The molecule has 6 heteroatoms. The zero-order valence-electron chi connectivity index (χ0n) is 11.1. The van der Waals surface area contributed by atoms with Gasteiger partial charge in [0.15, 0.2) is 0 Å². The highest BCUT2D eigenvalue weighted by Gasteiger charge is 2.27. The van der Waals surface area contributed by atoms with Gasteiger partial charge in [-0.15, -0.1) is 11.3 Å². The van der Waals surface area contributed by atoms with E-state index in [4.69, 9.17) is 22.1 Å². The fraction of sp³-hybridized carbons (Fsp3) is 0.692. The minimum absolute atomic E-state index is 0.247. The number of ether oxygens (including phenoxy) is 1. The van der Waals surface area contributed by atoms with Crippen molar-refractivity contribution >= 4 is 38.9 Å². The Balaban J connectivity index is 2.08. The Bertz CT molecular complexity index is 394. The second-order valence-electron chi connectivity index (χ2n) is 4.74. The van der Waals surface area contributed by atoms with Gasteiger partial charge < -0.3 is 10.5 Å². The summed E-state index contributed by atoms with van der Waals surface area (Å²) in [6.45, 7) is 5.49. The molecule has 0 bridgehead atoms. The number of hydrogen-bond donors (Lipinski definition) is 1. The molecule has 2 unspecified atom stereocenters. The minimum Gasteiger partial charge on any atom is -0.377 e. The molecule has 1 saturated heterocycles. The van der Waals surface area contributed by atoms with Crippen LogP contribution in [-0.4, -0.2) is 37.2 Å². The highest BCUT2D eigenvalue weighted by atomic mass is 79.9. The third-order valence-electron chi connectivity index (χ3n) is 3.47. The first-order valence-electron chi connectivity index (χ1n) is 6.66. The molecule has 1 fully saturated rings. The third kappa shape index (κ3) is 3.93. The molecule has 0 aliphatic carbocycles. The Morgan fingerprint density at radius 3 is 3.05 bits per heavy atom. The topological polar surface area (TPSA) is 38.5 Å². The highest BCUT2D eigenvalue weighted by Crippen LogP contribution is 2.37. The Morgan fingerprint density at radius 2 is 2.47 bits per heavy atom. The van der Waals surface area contributed by atoms with Gasteiger partial charge >= 0.3 is 0 Å². The van der Waals surface area contributed by atoms with Crippen LogP contribution in [0, 0.1) is 0 Å². The van der Waals surface area contributed by atoms with Gasteiger partial charge in [-0.3, -0.25) is 4.90 Å². The molecule has 108 valence electrons. The molecule has 1 aliphatic heterocycles. The summed E-state index contributed by atoms with van der Waals surface area (Å²) in [5.41, 5.74) is 5.98. The lowest BCUT2D eigenvalue weighted by Crippen LogP contribution is -2.43. The average molecular weight is 368 g/mol. The van der Waals surface area contributed by atoms with Crippen molar-refractivity contribution in [3.05, 3.63) is 19.8 Å². The molecule has 19 heavy (non-hydrogen) atoms. The van der Waals surface area contributed by atoms with Crippen molar-refractivity contribution in [1.82, 2.24) is 4.90 Å². The van der Waals surface area contributed by atoms with E-state index in [2.05, 4.69) is 33.8 Å². The average Bonchev–Trinajstić information content (AvgIpc) is 2.71. The number of nitrogens with two attached hydrogens (primary N) is 1. The number of hydrogen-bond acceptors (Lipinski definition) is 4. The van der Waals surface area contributed by atoms with Crippen LogP contribution in [0.2, 0.25) is 4.34 Å². The van der Waals surface area contributed by atoms with Crippen molar-refractivity contribution < 1.29 is 4.74 Å². The normalized spacial score (nSPS) is 22.6. The first kappa shape index (κ1) is 15.7. The predicted octanol–water partition coefficient (Wildman–Crippen LogP) is 3.66. The van der Waals surface area contributed by atoms with Gasteiger partial charge in [-0.05, 0) is 48.3 Å². The van der Waals surface area contributed by atoms with Gasteiger partial charge in [-0.1, -0.05) is 11.6 Å². The van der Waals surface area contributed by atoms with Crippen molar-refractivity contribution in [3.8, 4) is 0 Å². The smallest absolute Gasteiger partial charge is 0.107 e. The van der Waals surface area contributed by atoms with Gasteiger partial charge in [0, 0.05) is 29.0 Å². The Hall–Kier alpha value is 0.350. The van der Waals surface area contributed by atoms with Crippen molar-refractivity contribution in [1.29, 1.82) is 0 Å². The number of rotatable bonds is 5. The van der Waals surface area contributed by atoms with Crippen molar-refractivity contribution in [3.63, 3.8) is 0 Å². The van der Waals surface area contributed by atoms with E-state index in [9.17, 15) is 0 Å². The molecule has 0 spiro atoms.